The van der Waals surface area contributed by atoms with Gasteiger partial charge in [-0.1, -0.05) is 18.9 Å². The van der Waals surface area contributed by atoms with Gasteiger partial charge < -0.3 is 14.7 Å². The first-order valence-electron chi connectivity index (χ1n) is 8.48. The third-order valence-corrected chi connectivity index (χ3v) is 6.71. The summed E-state index contributed by atoms with van der Waals surface area (Å²) in [5.41, 5.74) is 3.24. The molecular formula is C18H27NO2. The lowest BCUT2D eigenvalue weighted by atomic mass is 9.50. The minimum Gasteiger partial charge on any atom is -0.362 e. The van der Waals surface area contributed by atoms with E-state index in [2.05, 4.69) is 24.1 Å². The molecule has 1 heterocycles. The SMILES string of the molecule is COC1(O)C=C2C(=CC1)C[C@@H]1[C@@H]3CCCC[C@]23CCN1C. The highest BCUT2D eigenvalue weighted by Gasteiger charge is 2.55. The van der Waals surface area contributed by atoms with Crippen molar-refractivity contribution in [3.63, 3.8) is 0 Å². The zero-order chi connectivity index (χ0) is 14.7. The lowest BCUT2D eigenvalue weighted by Crippen LogP contribution is -2.58. The zero-order valence-corrected chi connectivity index (χ0v) is 13.3. The number of rotatable bonds is 1. The Morgan fingerprint density at radius 1 is 1.33 bits per heavy atom. The molecule has 0 aromatic heterocycles. The van der Waals surface area contributed by atoms with E-state index < -0.39 is 5.79 Å². The second kappa shape index (κ2) is 4.68. The summed E-state index contributed by atoms with van der Waals surface area (Å²) in [6, 6.07) is 0.705. The Morgan fingerprint density at radius 3 is 3.00 bits per heavy atom. The van der Waals surface area contributed by atoms with Crippen molar-refractivity contribution in [3.05, 3.63) is 23.3 Å². The van der Waals surface area contributed by atoms with Gasteiger partial charge in [0.1, 0.15) is 0 Å². The minimum absolute atomic E-state index is 0.312. The molecule has 2 bridgehead atoms. The normalized spacial score (nSPS) is 46.2. The van der Waals surface area contributed by atoms with Crippen molar-refractivity contribution in [1.82, 2.24) is 4.90 Å². The Kier molecular flexibility index (Phi) is 3.11. The van der Waals surface area contributed by atoms with Crippen LogP contribution >= 0.6 is 0 Å². The monoisotopic (exact) mass is 289 g/mol. The second-order valence-corrected chi connectivity index (χ2v) is 7.55. The van der Waals surface area contributed by atoms with Crippen LogP contribution in [0.3, 0.4) is 0 Å². The van der Waals surface area contributed by atoms with Crippen LogP contribution in [0.15, 0.2) is 23.3 Å². The summed E-state index contributed by atoms with van der Waals surface area (Å²) in [5.74, 6) is -0.307. The van der Waals surface area contributed by atoms with Gasteiger partial charge in [-0.15, -0.1) is 0 Å². The molecule has 116 valence electrons. The maximum absolute atomic E-state index is 10.6. The van der Waals surface area contributed by atoms with Gasteiger partial charge in [-0.25, -0.2) is 0 Å². The fourth-order valence-electron chi connectivity index (χ4n) is 5.53. The van der Waals surface area contributed by atoms with E-state index in [1.54, 1.807) is 7.11 Å². The molecule has 1 saturated heterocycles. The third kappa shape index (κ3) is 1.90. The van der Waals surface area contributed by atoms with Crippen LogP contribution in [0.2, 0.25) is 0 Å². The van der Waals surface area contributed by atoms with Gasteiger partial charge in [0, 0.05) is 25.0 Å². The Bertz CT molecular complexity index is 511. The molecule has 0 aromatic carbocycles. The average Bonchev–Trinajstić information content (AvgIpc) is 2.51. The van der Waals surface area contributed by atoms with Gasteiger partial charge in [-0.3, -0.25) is 0 Å². The van der Waals surface area contributed by atoms with Gasteiger partial charge in [0.15, 0.2) is 5.79 Å². The van der Waals surface area contributed by atoms with Crippen LogP contribution in [0, 0.1) is 11.3 Å². The molecule has 3 fully saturated rings. The summed E-state index contributed by atoms with van der Waals surface area (Å²) in [7, 11) is 3.92. The standard InChI is InChI=1S/C18H27NO2/c1-19-10-9-17-7-4-3-5-14(17)16(19)11-13-6-8-18(20,21-2)12-15(13)17/h6,12,14,16,20H,3-5,7-11H2,1-2H3/t14-,16+,17+,18?/m0/s1. The van der Waals surface area contributed by atoms with Crippen LogP contribution in [0.5, 0.6) is 0 Å². The molecule has 4 rings (SSSR count). The Morgan fingerprint density at radius 2 is 2.19 bits per heavy atom. The molecule has 1 unspecified atom stereocenters. The second-order valence-electron chi connectivity index (χ2n) is 7.55. The fraction of sp³-hybridized carbons (Fsp3) is 0.778. The van der Waals surface area contributed by atoms with Crippen molar-refractivity contribution >= 4 is 0 Å². The summed E-state index contributed by atoms with van der Waals surface area (Å²) in [4.78, 5) is 2.59. The lowest BCUT2D eigenvalue weighted by Gasteiger charge is -2.60. The van der Waals surface area contributed by atoms with Crippen LogP contribution in [-0.2, 0) is 4.74 Å². The van der Waals surface area contributed by atoms with E-state index in [0.29, 0.717) is 17.9 Å². The van der Waals surface area contributed by atoms with Gasteiger partial charge in [-0.05, 0) is 62.4 Å². The summed E-state index contributed by atoms with van der Waals surface area (Å²) in [6.45, 7) is 1.19. The number of aliphatic hydroxyl groups is 1. The van der Waals surface area contributed by atoms with Crippen LogP contribution in [-0.4, -0.2) is 42.5 Å². The number of likely N-dealkylation sites (tertiary alicyclic amines) is 1. The van der Waals surface area contributed by atoms with Crippen molar-refractivity contribution in [1.29, 1.82) is 0 Å². The first-order valence-corrected chi connectivity index (χ1v) is 8.48. The number of allylic oxidation sites excluding steroid dienone is 1. The van der Waals surface area contributed by atoms with Crippen LogP contribution in [0.1, 0.15) is 44.9 Å². The summed E-state index contributed by atoms with van der Waals surface area (Å²) < 4.78 is 5.39. The third-order valence-electron chi connectivity index (χ3n) is 6.71. The highest BCUT2D eigenvalue weighted by Crippen LogP contribution is 2.61. The number of hydrogen-bond donors (Lipinski definition) is 1. The van der Waals surface area contributed by atoms with E-state index >= 15 is 0 Å². The van der Waals surface area contributed by atoms with Gasteiger partial charge >= 0.3 is 0 Å². The molecule has 0 radical (unpaired) electrons. The molecule has 3 nitrogen and oxygen atoms in total. The largest absolute Gasteiger partial charge is 0.362 e. The first kappa shape index (κ1) is 14.0. The van der Waals surface area contributed by atoms with Gasteiger partial charge in [-0.2, -0.15) is 0 Å². The summed E-state index contributed by atoms with van der Waals surface area (Å²) >= 11 is 0. The molecular weight excluding hydrogens is 262 g/mol. The maximum atomic E-state index is 10.6. The Balaban J connectivity index is 1.82. The smallest absolute Gasteiger partial charge is 0.189 e. The van der Waals surface area contributed by atoms with E-state index in [-0.39, 0.29) is 0 Å². The summed E-state index contributed by atoms with van der Waals surface area (Å²) in [6.07, 6.45) is 12.7. The number of hydrogen-bond acceptors (Lipinski definition) is 3. The number of fused-ring (bicyclic) bond motifs is 1. The Hall–Kier alpha value is -0.640. The van der Waals surface area contributed by atoms with Gasteiger partial charge in [0.25, 0.3) is 0 Å². The van der Waals surface area contributed by atoms with Gasteiger partial charge in [0.05, 0.1) is 0 Å². The van der Waals surface area contributed by atoms with Crippen LogP contribution < -0.4 is 0 Å². The van der Waals surface area contributed by atoms with Crippen molar-refractivity contribution in [2.45, 2.75) is 56.8 Å². The molecule has 21 heavy (non-hydrogen) atoms. The minimum atomic E-state index is -1.08. The molecule has 3 heteroatoms. The Labute approximate surface area is 127 Å². The topological polar surface area (TPSA) is 32.7 Å². The van der Waals surface area contributed by atoms with Crippen molar-refractivity contribution in [2.75, 3.05) is 20.7 Å². The lowest BCUT2D eigenvalue weighted by molar-refractivity contribution is -0.146. The number of methoxy groups -OCH3 is 1. The van der Waals surface area contributed by atoms with E-state index in [1.807, 2.05) is 0 Å². The predicted octanol–water partition coefficient (Wildman–Crippen LogP) is 2.86. The zero-order valence-electron chi connectivity index (χ0n) is 13.3. The number of nitrogens with zero attached hydrogens (tertiary/aromatic N) is 1. The molecule has 1 N–H and O–H groups in total. The molecule has 0 amide bonds. The average molecular weight is 289 g/mol. The number of piperidine rings is 1. The molecule has 0 spiro atoms. The molecule has 3 aliphatic carbocycles. The maximum Gasteiger partial charge on any atom is 0.189 e. The number of ether oxygens (including phenoxy) is 1. The highest BCUT2D eigenvalue weighted by molar-refractivity contribution is 5.46. The molecule has 0 aromatic rings. The summed E-state index contributed by atoms with van der Waals surface area (Å²) in [5, 5.41) is 10.6. The quantitative estimate of drug-likeness (QED) is 0.753. The molecule has 4 aliphatic rings. The van der Waals surface area contributed by atoms with Crippen molar-refractivity contribution in [3.8, 4) is 0 Å². The van der Waals surface area contributed by atoms with Crippen LogP contribution in [0.25, 0.3) is 0 Å². The van der Waals surface area contributed by atoms with E-state index in [0.717, 1.165) is 12.3 Å². The molecule has 2 saturated carbocycles. The van der Waals surface area contributed by atoms with E-state index in [4.69, 9.17) is 4.74 Å². The fourth-order valence-corrected chi connectivity index (χ4v) is 5.53. The van der Waals surface area contributed by atoms with Crippen molar-refractivity contribution in [2.24, 2.45) is 11.3 Å². The van der Waals surface area contributed by atoms with Gasteiger partial charge in [0.2, 0.25) is 0 Å². The van der Waals surface area contributed by atoms with Crippen molar-refractivity contribution < 1.29 is 9.84 Å². The molecule has 1 aliphatic heterocycles. The van der Waals surface area contributed by atoms with E-state index in [1.165, 1.54) is 49.8 Å². The van der Waals surface area contributed by atoms with Crippen LogP contribution in [0.4, 0.5) is 0 Å². The van der Waals surface area contributed by atoms with E-state index in [9.17, 15) is 5.11 Å². The molecule has 4 atom stereocenters. The first-order chi connectivity index (χ1) is 10.1. The highest BCUT2D eigenvalue weighted by atomic mass is 16.6. The predicted molar refractivity (Wildman–Crippen MR) is 82.8 cm³/mol.